The van der Waals surface area contributed by atoms with Gasteiger partial charge in [0.15, 0.2) is 0 Å². The van der Waals surface area contributed by atoms with Crippen molar-refractivity contribution in [3.05, 3.63) is 24.3 Å². The smallest absolute Gasteiger partial charge is 0 e. The van der Waals surface area contributed by atoms with Crippen LogP contribution in [0.5, 0.6) is 0 Å². The molecule has 0 aromatic carbocycles. The Hall–Kier alpha value is 1.00. The first-order valence-corrected chi connectivity index (χ1v) is 14.3. The number of hydrogen-bond donors (Lipinski definition) is 0. The van der Waals surface area contributed by atoms with Crippen molar-refractivity contribution in [1.82, 2.24) is 0 Å². The van der Waals surface area contributed by atoms with Crippen molar-refractivity contribution in [3.63, 3.8) is 0 Å². The van der Waals surface area contributed by atoms with E-state index in [0.717, 1.165) is 12.8 Å². The molecule has 0 aliphatic heterocycles. The molecule has 3 heteroatoms. The molecular formula is C26H54P2Pd. The Balaban J connectivity index is -0.000000451. The van der Waals surface area contributed by atoms with Gasteiger partial charge in [0.05, 0.1) is 0 Å². The zero-order chi connectivity index (χ0) is 22.8. The van der Waals surface area contributed by atoms with E-state index in [0.29, 0.717) is 20.6 Å². The van der Waals surface area contributed by atoms with Crippen LogP contribution in [-0.4, -0.2) is 32.9 Å². The van der Waals surface area contributed by atoms with E-state index >= 15 is 0 Å². The van der Waals surface area contributed by atoms with Crippen LogP contribution >= 0.6 is 15.8 Å². The van der Waals surface area contributed by atoms with Gasteiger partial charge in [-0.15, -0.1) is 0 Å². The maximum Gasteiger partial charge on any atom is 0 e. The Bertz CT molecular complexity index is 379. The quantitative estimate of drug-likeness (QED) is 0.181. The summed E-state index contributed by atoms with van der Waals surface area (Å²) in [6.07, 6.45) is 14.2. The van der Waals surface area contributed by atoms with Crippen LogP contribution in [0.2, 0.25) is 0 Å². The fourth-order valence-electron chi connectivity index (χ4n) is 3.80. The standard InChI is InChI=1S/2C13H27P.Pd/c2*1-8-9-10-11-14(12(2,3)4)13(5,6)7;/h2*9-10H,8,11H2,1-7H3;. The molecule has 0 unspecified atom stereocenters. The second-order valence-electron chi connectivity index (χ2n) is 11.7. The second kappa shape index (κ2) is 14.9. The van der Waals surface area contributed by atoms with Crippen molar-refractivity contribution in [2.24, 2.45) is 0 Å². The van der Waals surface area contributed by atoms with Crippen LogP contribution in [0.1, 0.15) is 110 Å². The van der Waals surface area contributed by atoms with E-state index in [1.807, 2.05) is 0 Å². The SMILES string of the molecule is CCC=CCP(C(C)(C)C)C(C)(C)C.CCC=CCP(C(C)(C)C)C(C)(C)C.[Pd]. The van der Waals surface area contributed by atoms with Crippen LogP contribution in [0.15, 0.2) is 24.3 Å². The van der Waals surface area contributed by atoms with E-state index in [4.69, 9.17) is 0 Å². The maximum absolute atomic E-state index is 2.38. The van der Waals surface area contributed by atoms with Crippen molar-refractivity contribution in [3.8, 4) is 0 Å². The third-order valence-corrected chi connectivity index (χ3v) is 12.2. The molecule has 0 atom stereocenters. The van der Waals surface area contributed by atoms with Crippen LogP contribution in [0.4, 0.5) is 0 Å². The van der Waals surface area contributed by atoms with E-state index in [-0.39, 0.29) is 36.3 Å². The van der Waals surface area contributed by atoms with Crippen LogP contribution in [-0.2, 0) is 20.4 Å². The minimum Gasteiger partial charge on any atom is -0.0918 e. The van der Waals surface area contributed by atoms with Gasteiger partial charge in [-0.05, 0) is 45.8 Å². The molecule has 0 aliphatic rings. The van der Waals surface area contributed by atoms with E-state index in [1.165, 1.54) is 12.3 Å². The third-order valence-electron chi connectivity index (χ3n) is 4.62. The van der Waals surface area contributed by atoms with Gasteiger partial charge in [-0.1, -0.05) is 137 Å². The Morgan fingerprint density at radius 2 is 0.655 bits per heavy atom. The van der Waals surface area contributed by atoms with Crippen molar-refractivity contribution in [2.45, 2.75) is 130 Å². The minimum atomic E-state index is 0. The largest absolute Gasteiger partial charge is 0.0918 e. The van der Waals surface area contributed by atoms with Gasteiger partial charge in [0.25, 0.3) is 0 Å². The second-order valence-corrected chi connectivity index (χ2v) is 19.5. The molecule has 29 heavy (non-hydrogen) atoms. The fraction of sp³-hybridized carbons (Fsp3) is 0.846. The van der Waals surface area contributed by atoms with Gasteiger partial charge in [-0.2, -0.15) is 0 Å². The predicted octanol–water partition coefficient (Wildman–Crippen LogP) is 10.1. The average molecular weight is 535 g/mol. The maximum atomic E-state index is 2.38. The molecule has 0 saturated carbocycles. The van der Waals surface area contributed by atoms with E-state index in [1.54, 1.807) is 0 Å². The first-order chi connectivity index (χ1) is 12.4. The first kappa shape index (κ1) is 34.6. The van der Waals surface area contributed by atoms with Gasteiger partial charge in [0.1, 0.15) is 0 Å². The fourth-order valence-corrected chi connectivity index (χ4v) is 10.7. The summed E-state index contributed by atoms with van der Waals surface area (Å²) in [6.45, 7) is 32.9. The number of allylic oxidation sites excluding steroid dienone is 4. The summed E-state index contributed by atoms with van der Waals surface area (Å²) in [5.74, 6) is 0. The van der Waals surface area contributed by atoms with Crippen LogP contribution in [0.25, 0.3) is 0 Å². The molecule has 0 spiro atoms. The number of hydrogen-bond acceptors (Lipinski definition) is 0. The molecule has 178 valence electrons. The summed E-state index contributed by atoms with van der Waals surface area (Å²) in [7, 11) is 0.118. The Morgan fingerprint density at radius 3 is 0.793 bits per heavy atom. The molecule has 0 bridgehead atoms. The van der Waals surface area contributed by atoms with Gasteiger partial charge < -0.3 is 0 Å². The summed E-state index contributed by atoms with van der Waals surface area (Å²) in [6, 6.07) is 0. The van der Waals surface area contributed by atoms with Crippen LogP contribution < -0.4 is 0 Å². The summed E-state index contributed by atoms with van der Waals surface area (Å²) < 4.78 is 0. The zero-order valence-corrected chi connectivity index (χ0v) is 25.7. The van der Waals surface area contributed by atoms with Crippen molar-refractivity contribution >= 4 is 15.8 Å². The van der Waals surface area contributed by atoms with E-state index in [9.17, 15) is 0 Å². The topological polar surface area (TPSA) is 0 Å². The molecule has 0 N–H and O–H groups in total. The van der Waals surface area contributed by atoms with Crippen molar-refractivity contribution in [2.75, 3.05) is 12.3 Å². The zero-order valence-electron chi connectivity index (χ0n) is 22.3. The van der Waals surface area contributed by atoms with Gasteiger partial charge in [-0.25, -0.2) is 0 Å². The summed E-state index contributed by atoms with van der Waals surface area (Å²) in [5, 5.41) is 1.86. The molecule has 0 rings (SSSR count). The van der Waals surface area contributed by atoms with E-state index < -0.39 is 0 Å². The molecule has 0 amide bonds. The molecule has 0 heterocycles. The molecule has 0 fully saturated rings. The summed E-state index contributed by atoms with van der Waals surface area (Å²) >= 11 is 0. The average Bonchev–Trinajstić information content (AvgIpc) is 2.43. The normalized spacial score (nSPS) is 13.8. The summed E-state index contributed by atoms with van der Waals surface area (Å²) in [5.41, 5.74) is 0. The van der Waals surface area contributed by atoms with Crippen LogP contribution in [0.3, 0.4) is 0 Å². The molecular weight excluding hydrogens is 481 g/mol. The predicted molar refractivity (Wildman–Crippen MR) is 141 cm³/mol. The van der Waals surface area contributed by atoms with Crippen molar-refractivity contribution in [1.29, 1.82) is 0 Å². The van der Waals surface area contributed by atoms with Gasteiger partial charge in [0, 0.05) is 20.4 Å². The molecule has 0 nitrogen and oxygen atoms in total. The van der Waals surface area contributed by atoms with E-state index in [2.05, 4.69) is 121 Å². The molecule has 0 aliphatic carbocycles. The first-order valence-electron chi connectivity index (χ1n) is 11.2. The monoisotopic (exact) mass is 534 g/mol. The molecule has 0 saturated heterocycles. The Morgan fingerprint density at radius 1 is 0.448 bits per heavy atom. The third kappa shape index (κ3) is 17.3. The van der Waals surface area contributed by atoms with Gasteiger partial charge >= 0.3 is 0 Å². The van der Waals surface area contributed by atoms with Crippen LogP contribution in [0, 0.1) is 0 Å². The minimum absolute atomic E-state index is 0. The number of rotatable bonds is 6. The van der Waals surface area contributed by atoms with Crippen molar-refractivity contribution < 1.29 is 20.4 Å². The van der Waals surface area contributed by atoms with Gasteiger partial charge in [0.2, 0.25) is 0 Å². The Kier molecular flexibility index (Phi) is 17.8. The summed E-state index contributed by atoms with van der Waals surface area (Å²) in [4.78, 5) is 0. The Labute approximate surface area is 202 Å². The molecule has 0 aromatic rings. The molecule has 0 radical (unpaired) electrons. The van der Waals surface area contributed by atoms with Gasteiger partial charge in [-0.3, -0.25) is 0 Å². The molecule has 0 aromatic heterocycles.